The summed E-state index contributed by atoms with van der Waals surface area (Å²) in [5.41, 5.74) is 2.55. The SMILES string of the molecule is CN=C(NCCc1c[nH]c2ccccc12)NCC1CCCN(Cc2cccs2)C1.I. The third-order valence-corrected chi connectivity index (χ3v) is 6.57. The van der Waals surface area contributed by atoms with Gasteiger partial charge in [-0.3, -0.25) is 9.89 Å². The van der Waals surface area contributed by atoms with Gasteiger partial charge in [-0.2, -0.15) is 0 Å². The Bertz CT molecular complexity index is 921. The Hall–Kier alpha value is -1.58. The van der Waals surface area contributed by atoms with Gasteiger partial charge in [-0.1, -0.05) is 24.3 Å². The number of benzene rings is 1. The number of rotatable bonds is 7. The average molecular weight is 538 g/mol. The number of fused-ring (bicyclic) bond motifs is 1. The molecule has 0 bridgehead atoms. The molecule has 1 fully saturated rings. The number of para-hydroxylation sites is 1. The van der Waals surface area contributed by atoms with E-state index < -0.39 is 0 Å². The molecule has 1 atom stereocenters. The second-order valence-electron chi connectivity index (χ2n) is 7.81. The average Bonchev–Trinajstić information content (AvgIpc) is 3.41. The summed E-state index contributed by atoms with van der Waals surface area (Å²) in [5.74, 6) is 1.58. The Balaban J connectivity index is 0.00000256. The van der Waals surface area contributed by atoms with E-state index in [4.69, 9.17) is 0 Å². The number of thiophene rings is 1. The Morgan fingerprint density at radius 1 is 1.23 bits per heavy atom. The van der Waals surface area contributed by atoms with E-state index in [0.29, 0.717) is 5.92 Å². The first-order valence-corrected chi connectivity index (χ1v) is 11.4. The van der Waals surface area contributed by atoms with Crippen molar-refractivity contribution in [3.63, 3.8) is 0 Å². The molecule has 1 aliphatic rings. The monoisotopic (exact) mass is 537 g/mol. The van der Waals surface area contributed by atoms with Crippen LogP contribution >= 0.6 is 35.3 Å². The molecule has 4 rings (SSSR count). The normalized spacial score (nSPS) is 17.6. The van der Waals surface area contributed by atoms with E-state index in [-0.39, 0.29) is 24.0 Å². The molecular weight excluding hydrogens is 505 g/mol. The van der Waals surface area contributed by atoms with Gasteiger partial charge in [0.2, 0.25) is 0 Å². The van der Waals surface area contributed by atoms with Crippen molar-refractivity contribution in [3.8, 4) is 0 Å². The van der Waals surface area contributed by atoms with Crippen LogP contribution in [0.3, 0.4) is 0 Å². The highest BCUT2D eigenvalue weighted by atomic mass is 127. The van der Waals surface area contributed by atoms with Gasteiger partial charge in [0, 0.05) is 55.2 Å². The van der Waals surface area contributed by atoms with Crippen LogP contribution in [-0.2, 0) is 13.0 Å². The summed E-state index contributed by atoms with van der Waals surface area (Å²) in [4.78, 5) is 11.8. The molecule has 1 aromatic carbocycles. The van der Waals surface area contributed by atoms with Gasteiger partial charge in [-0.15, -0.1) is 35.3 Å². The summed E-state index contributed by atoms with van der Waals surface area (Å²) in [6.45, 7) is 5.32. The first-order chi connectivity index (χ1) is 14.3. The zero-order chi connectivity index (χ0) is 19.9. The number of nitrogens with one attached hydrogen (secondary N) is 3. The molecule has 1 unspecified atom stereocenters. The highest BCUT2D eigenvalue weighted by molar-refractivity contribution is 14.0. The maximum atomic E-state index is 4.41. The molecule has 1 saturated heterocycles. The van der Waals surface area contributed by atoms with E-state index in [1.807, 2.05) is 18.4 Å². The molecule has 3 aromatic rings. The topological polar surface area (TPSA) is 55.5 Å². The van der Waals surface area contributed by atoms with Crippen molar-refractivity contribution in [1.29, 1.82) is 0 Å². The summed E-state index contributed by atoms with van der Waals surface area (Å²) >= 11 is 1.86. The number of nitrogens with zero attached hydrogens (tertiary/aromatic N) is 2. The van der Waals surface area contributed by atoms with Gasteiger partial charge >= 0.3 is 0 Å². The van der Waals surface area contributed by atoms with Crippen molar-refractivity contribution >= 4 is 52.2 Å². The highest BCUT2D eigenvalue weighted by Crippen LogP contribution is 2.20. The van der Waals surface area contributed by atoms with Crippen LogP contribution in [0.1, 0.15) is 23.3 Å². The molecule has 2 aromatic heterocycles. The molecule has 1 aliphatic heterocycles. The summed E-state index contributed by atoms with van der Waals surface area (Å²) in [5, 5.41) is 10.5. The third-order valence-electron chi connectivity index (χ3n) is 5.71. The lowest BCUT2D eigenvalue weighted by Gasteiger charge is -2.32. The molecule has 5 nitrogen and oxygen atoms in total. The summed E-state index contributed by atoms with van der Waals surface area (Å²) in [7, 11) is 1.85. The number of halogens is 1. The number of likely N-dealkylation sites (tertiary alicyclic amines) is 1. The number of hydrogen-bond acceptors (Lipinski definition) is 3. The molecule has 0 saturated carbocycles. The Labute approximate surface area is 200 Å². The minimum atomic E-state index is 0. The Kier molecular flexibility index (Phi) is 9.02. The molecule has 0 spiro atoms. The van der Waals surface area contributed by atoms with E-state index in [2.05, 4.69) is 73.5 Å². The van der Waals surface area contributed by atoms with E-state index in [1.54, 1.807) is 0 Å². The maximum Gasteiger partial charge on any atom is 0.190 e. The number of aromatic amines is 1. The van der Waals surface area contributed by atoms with Crippen molar-refractivity contribution in [2.24, 2.45) is 10.9 Å². The van der Waals surface area contributed by atoms with Gasteiger partial charge in [-0.25, -0.2) is 0 Å². The summed E-state index contributed by atoms with van der Waals surface area (Å²) in [6, 6.07) is 12.9. The van der Waals surface area contributed by atoms with Gasteiger partial charge in [0.05, 0.1) is 0 Å². The number of hydrogen-bond donors (Lipinski definition) is 3. The predicted molar refractivity (Wildman–Crippen MR) is 139 cm³/mol. The van der Waals surface area contributed by atoms with E-state index in [0.717, 1.165) is 38.6 Å². The number of aliphatic imine (C=N–C) groups is 1. The van der Waals surface area contributed by atoms with Crippen molar-refractivity contribution in [1.82, 2.24) is 20.5 Å². The minimum absolute atomic E-state index is 0. The maximum absolute atomic E-state index is 4.41. The molecule has 0 aliphatic carbocycles. The number of piperidine rings is 1. The molecule has 3 N–H and O–H groups in total. The Morgan fingerprint density at radius 2 is 2.13 bits per heavy atom. The summed E-state index contributed by atoms with van der Waals surface area (Å²) in [6.07, 6.45) is 5.67. The van der Waals surface area contributed by atoms with Crippen LogP contribution in [0.4, 0.5) is 0 Å². The van der Waals surface area contributed by atoms with Gasteiger partial charge in [0.1, 0.15) is 0 Å². The smallest absolute Gasteiger partial charge is 0.190 e. The quantitative estimate of drug-likeness (QED) is 0.237. The van der Waals surface area contributed by atoms with Crippen LogP contribution in [0.15, 0.2) is 53.0 Å². The molecule has 7 heteroatoms. The fourth-order valence-electron chi connectivity index (χ4n) is 4.20. The zero-order valence-electron chi connectivity index (χ0n) is 17.6. The molecule has 162 valence electrons. The van der Waals surface area contributed by atoms with Crippen LogP contribution in [0, 0.1) is 5.92 Å². The van der Waals surface area contributed by atoms with Gasteiger partial charge < -0.3 is 15.6 Å². The lowest BCUT2D eigenvalue weighted by Crippen LogP contribution is -2.44. The van der Waals surface area contributed by atoms with E-state index in [9.17, 15) is 0 Å². The van der Waals surface area contributed by atoms with Crippen molar-refractivity contribution in [2.45, 2.75) is 25.8 Å². The number of guanidine groups is 1. The molecule has 3 heterocycles. The lowest BCUT2D eigenvalue weighted by molar-refractivity contribution is 0.169. The highest BCUT2D eigenvalue weighted by Gasteiger charge is 2.20. The fraction of sp³-hybridized carbons (Fsp3) is 0.435. The number of aromatic nitrogens is 1. The molecule has 0 radical (unpaired) electrons. The second-order valence-corrected chi connectivity index (χ2v) is 8.84. The molecular formula is C23H32IN5S. The lowest BCUT2D eigenvalue weighted by atomic mass is 9.98. The van der Waals surface area contributed by atoms with E-state index >= 15 is 0 Å². The van der Waals surface area contributed by atoms with Crippen LogP contribution in [0.5, 0.6) is 0 Å². The minimum Gasteiger partial charge on any atom is -0.361 e. The van der Waals surface area contributed by atoms with Crippen LogP contribution in [-0.4, -0.2) is 49.1 Å². The first kappa shape index (κ1) is 23.1. The van der Waals surface area contributed by atoms with Crippen molar-refractivity contribution in [3.05, 3.63) is 58.4 Å². The molecule has 0 amide bonds. The van der Waals surface area contributed by atoms with Gasteiger partial charge in [-0.05, 0) is 54.8 Å². The van der Waals surface area contributed by atoms with Crippen LogP contribution < -0.4 is 10.6 Å². The largest absolute Gasteiger partial charge is 0.361 e. The zero-order valence-corrected chi connectivity index (χ0v) is 20.7. The third kappa shape index (κ3) is 6.21. The van der Waals surface area contributed by atoms with Gasteiger partial charge in [0.15, 0.2) is 5.96 Å². The van der Waals surface area contributed by atoms with Crippen molar-refractivity contribution < 1.29 is 0 Å². The second kappa shape index (κ2) is 11.7. The molecule has 30 heavy (non-hydrogen) atoms. The van der Waals surface area contributed by atoms with E-state index in [1.165, 1.54) is 40.7 Å². The predicted octanol–water partition coefficient (Wildman–Crippen LogP) is 4.47. The number of H-pyrrole nitrogens is 1. The van der Waals surface area contributed by atoms with Gasteiger partial charge in [0.25, 0.3) is 0 Å². The first-order valence-electron chi connectivity index (χ1n) is 10.6. The summed E-state index contributed by atoms with van der Waals surface area (Å²) < 4.78 is 0. The van der Waals surface area contributed by atoms with Crippen LogP contribution in [0.2, 0.25) is 0 Å². The van der Waals surface area contributed by atoms with Crippen LogP contribution in [0.25, 0.3) is 10.9 Å². The fourth-order valence-corrected chi connectivity index (χ4v) is 4.95. The Morgan fingerprint density at radius 3 is 2.97 bits per heavy atom. The van der Waals surface area contributed by atoms with Crippen molar-refractivity contribution in [2.75, 3.05) is 33.2 Å². The standard InChI is InChI=1S/C23H31N5S.HI/c1-24-23(25-11-10-19-15-26-22-9-3-2-8-21(19)22)27-14-18-6-4-12-28(16-18)17-20-7-5-13-29-20;/h2-3,5,7-9,13,15,18,26H,4,6,10-12,14,16-17H2,1H3,(H2,24,25,27);1H.